The van der Waals surface area contributed by atoms with Gasteiger partial charge in [0, 0.05) is 15.7 Å². The highest BCUT2D eigenvalue weighted by Gasteiger charge is 2.36. The first kappa shape index (κ1) is 25.2. The number of carbonyl (C=O) groups is 2. The second-order valence-electron chi connectivity index (χ2n) is 7.71. The first-order valence-corrected chi connectivity index (χ1v) is 12.5. The molecule has 0 spiro atoms. The number of aliphatic imine (C=N–C) groups is 1. The molecule has 0 aromatic heterocycles. The second kappa shape index (κ2) is 10.8. The third-order valence-electron chi connectivity index (χ3n) is 5.13. The van der Waals surface area contributed by atoms with Crippen LogP contribution in [0, 0.1) is 3.57 Å². The molecule has 180 valence electrons. The number of benzene rings is 3. The second-order valence-corrected chi connectivity index (χ2v) is 10.1. The number of anilines is 1. The summed E-state index contributed by atoms with van der Waals surface area (Å²) < 4.78 is 40.6. The van der Waals surface area contributed by atoms with Crippen LogP contribution < -0.4 is 5.32 Å². The lowest BCUT2D eigenvalue weighted by Crippen LogP contribution is -2.44. The molecule has 1 aliphatic rings. The van der Waals surface area contributed by atoms with Crippen LogP contribution in [0.3, 0.4) is 0 Å². The van der Waals surface area contributed by atoms with E-state index in [0.29, 0.717) is 5.69 Å². The van der Waals surface area contributed by atoms with E-state index in [1.54, 1.807) is 12.1 Å². The average molecular weight is 609 g/mol. The van der Waals surface area contributed by atoms with E-state index >= 15 is 0 Å². The van der Waals surface area contributed by atoms with Gasteiger partial charge in [0.05, 0.1) is 17.8 Å². The molecule has 3 aromatic rings. The Morgan fingerprint density at radius 2 is 1.77 bits per heavy atom. The van der Waals surface area contributed by atoms with Crippen molar-refractivity contribution in [3.63, 3.8) is 0 Å². The number of nitrogens with zero attached hydrogens (tertiary/aromatic N) is 2. The van der Waals surface area contributed by atoms with E-state index < -0.39 is 17.0 Å². The summed E-state index contributed by atoms with van der Waals surface area (Å²) in [4.78, 5) is 31.8. The smallest absolute Gasteiger partial charge is 0.325 e. The molecular weight excluding hydrogens is 590 g/mol. The lowest BCUT2D eigenvalue weighted by atomic mass is 10.2. The first-order valence-electron chi connectivity index (χ1n) is 10.5. The molecule has 1 N–H and O–H groups in total. The largest absolute Gasteiger partial charge is 0.416 e. The molecule has 1 heterocycles. The van der Waals surface area contributed by atoms with Crippen LogP contribution in [0.2, 0.25) is 0 Å². The summed E-state index contributed by atoms with van der Waals surface area (Å²) in [5.41, 5.74) is 0.632. The van der Waals surface area contributed by atoms with Crippen LogP contribution in [-0.2, 0) is 22.3 Å². The van der Waals surface area contributed by atoms with E-state index in [1.165, 1.54) is 17.0 Å². The molecule has 0 aliphatic carbocycles. The van der Waals surface area contributed by atoms with Crippen molar-refractivity contribution in [2.24, 2.45) is 4.99 Å². The Morgan fingerprint density at radius 1 is 1.06 bits per heavy atom. The Kier molecular flexibility index (Phi) is 7.80. The Labute approximate surface area is 218 Å². The number of nitrogens with one attached hydrogen (secondary N) is 1. The van der Waals surface area contributed by atoms with Gasteiger partial charge in [0.2, 0.25) is 11.8 Å². The Hall–Kier alpha value is -2.86. The lowest BCUT2D eigenvalue weighted by Gasteiger charge is -2.32. The van der Waals surface area contributed by atoms with Crippen molar-refractivity contribution in [1.29, 1.82) is 0 Å². The molecule has 35 heavy (non-hydrogen) atoms. The van der Waals surface area contributed by atoms with Gasteiger partial charge in [-0.1, -0.05) is 48.2 Å². The van der Waals surface area contributed by atoms with Crippen molar-refractivity contribution in [2.45, 2.75) is 24.4 Å². The predicted octanol–water partition coefficient (Wildman–Crippen LogP) is 6.47. The monoisotopic (exact) mass is 609 g/mol. The Morgan fingerprint density at radius 3 is 2.46 bits per heavy atom. The summed E-state index contributed by atoms with van der Waals surface area (Å²) in [5, 5.41) is 2.19. The summed E-state index contributed by atoms with van der Waals surface area (Å²) in [6, 6.07) is 21.0. The van der Waals surface area contributed by atoms with Crippen molar-refractivity contribution in [1.82, 2.24) is 4.90 Å². The highest BCUT2D eigenvalue weighted by molar-refractivity contribution is 14.1. The average Bonchev–Trinajstić information content (AvgIpc) is 2.83. The number of alkyl halides is 3. The molecule has 0 bridgehead atoms. The minimum atomic E-state index is -4.52. The zero-order valence-electron chi connectivity index (χ0n) is 18.1. The van der Waals surface area contributed by atoms with E-state index in [-0.39, 0.29) is 35.6 Å². The fraction of sp³-hybridized carbons (Fsp3) is 0.160. The van der Waals surface area contributed by atoms with Gasteiger partial charge in [-0.05, 0) is 70.6 Å². The SMILES string of the molecule is O=C(Nc1ccc(I)cc1)C1CC(=O)N(Cc2ccccc2)C(=Nc2cccc(C(F)(F)F)c2)S1. The van der Waals surface area contributed by atoms with Crippen LogP contribution in [0.5, 0.6) is 0 Å². The molecule has 1 unspecified atom stereocenters. The van der Waals surface area contributed by atoms with Crippen molar-refractivity contribution in [3.8, 4) is 0 Å². The number of halogens is 4. The van der Waals surface area contributed by atoms with Crippen LogP contribution in [0.4, 0.5) is 24.5 Å². The zero-order chi connectivity index (χ0) is 25.0. The fourth-order valence-corrected chi connectivity index (χ4v) is 4.84. The third-order valence-corrected chi connectivity index (χ3v) is 7.03. The van der Waals surface area contributed by atoms with Crippen molar-refractivity contribution < 1.29 is 22.8 Å². The highest BCUT2D eigenvalue weighted by Crippen LogP contribution is 2.34. The molecule has 10 heteroatoms. The molecule has 1 fully saturated rings. The molecular formula is C25H19F3IN3O2S. The van der Waals surface area contributed by atoms with Gasteiger partial charge >= 0.3 is 6.18 Å². The number of hydrogen-bond acceptors (Lipinski definition) is 4. The Balaban J connectivity index is 1.63. The summed E-state index contributed by atoms with van der Waals surface area (Å²) >= 11 is 3.22. The van der Waals surface area contributed by atoms with E-state index in [9.17, 15) is 22.8 Å². The topological polar surface area (TPSA) is 61.8 Å². The van der Waals surface area contributed by atoms with Crippen LogP contribution in [0.1, 0.15) is 17.5 Å². The van der Waals surface area contributed by atoms with Crippen LogP contribution in [0.25, 0.3) is 0 Å². The first-order chi connectivity index (χ1) is 16.7. The van der Waals surface area contributed by atoms with Gasteiger partial charge in [-0.25, -0.2) is 4.99 Å². The van der Waals surface area contributed by atoms with Gasteiger partial charge in [-0.2, -0.15) is 13.2 Å². The molecule has 2 amide bonds. The van der Waals surface area contributed by atoms with Crippen LogP contribution in [0.15, 0.2) is 83.9 Å². The minimum absolute atomic E-state index is 0.0480. The molecule has 5 nitrogen and oxygen atoms in total. The maximum Gasteiger partial charge on any atom is 0.416 e. The van der Waals surface area contributed by atoms with E-state index in [4.69, 9.17) is 0 Å². The normalized spacial score (nSPS) is 17.5. The van der Waals surface area contributed by atoms with Gasteiger partial charge in [0.15, 0.2) is 5.17 Å². The summed E-state index contributed by atoms with van der Waals surface area (Å²) in [5.74, 6) is -0.707. The highest BCUT2D eigenvalue weighted by atomic mass is 127. The van der Waals surface area contributed by atoms with Crippen LogP contribution in [-0.4, -0.2) is 27.1 Å². The summed E-state index contributed by atoms with van der Waals surface area (Å²) in [6.07, 6.45) is -4.58. The standard InChI is InChI=1S/C25H19F3IN3O2S/c26-25(27,28)17-7-4-8-20(13-17)31-24-32(15-16-5-2-1-3-6-16)22(33)14-21(35-24)23(34)30-19-11-9-18(29)10-12-19/h1-13,21H,14-15H2,(H,30,34). The van der Waals surface area contributed by atoms with Crippen molar-refractivity contribution >= 4 is 62.7 Å². The summed E-state index contributed by atoms with van der Waals surface area (Å²) in [7, 11) is 0. The van der Waals surface area contributed by atoms with E-state index in [1.807, 2.05) is 42.5 Å². The minimum Gasteiger partial charge on any atom is -0.325 e. The van der Waals surface area contributed by atoms with Crippen molar-refractivity contribution in [2.75, 3.05) is 5.32 Å². The van der Waals surface area contributed by atoms with Crippen molar-refractivity contribution in [3.05, 3.63) is 93.6 Å². The molecule has 0 saturated carbocycles. The van der Waals surface area contributed by atoms with Gasteiger partial charge in [-0.3, -0.25) is 14.5 Å². The lowest BCUT2D eigenvalue weighted by molar-refractivity contribution is -0.137. The summed E-state index contributed by atoms with van der Waals surface area (Å²) in [6.45, 7) is 0.190. The quantitative estimate of drug-likeness (QED) is 0.338. The van der Waals surface area contributed by atoms with E-state index in [2.05, 4.69) is 32.9 Å². The molecule has 4 rings (SSSR count). The molecule has 1 saturated heterocycles. The Bertz CT molecular complexity index is 1250. The fourth-order valence-electron chi connectivity index (χ4n) is 3.38. The van der Waals surface area contributed by atoms with Gasteiger partial charge < -0.3 is 5.32 Å². The number of amidine groups is 1. The predicted molar refractivity (Wildman–Crippen MR) is 139 cm³/mol. The zero-order valence-corrected chi connectivity index (χ0v) is 21.1. The van der Waals surface area contributed by atoms with Crippen LogP contribution >= 0.6 is 34.4 Å². The number of rotatable bonds is 5. The molecule has 1 atom stereocenters. The maximum atomic E-state index is 13.2. The maximum absolute atomic E-state index is 13.2. The van der Waals surface area contributed by atoms with Gasteiger partial charge in [-0.15, -0.1) is 0 Å². The molecule has 0 radical (unpaired) electrons. The molecule has 3 aromatic carbocycles. The third kappa shape index (κ3) is 6.63. The van der Waals surface area contributed by atoms with E-state index in [0.717, 1.165) is 33.0 Å². The molecule has 1 aliphatic heterocycles. The van der Waals surface area contributed by atoms with Gasteiger partial charge in [0.25, 0.3) is 0 Å². The van der Waals surface area contributed by atoms with Gasteiger partial charge in [0.1, 0.15) is 5.25 Å². The number of thioether (sulfide) groups is 1. The number of amides is 2. The number of carbonyl (C=O) groups excluding carboxylic acids is 2. The number of hydrogen-bond donors (Lipinski definition) is 1.